The maximum absolute atomic E-state index is 2.52. The molecule has 2 nitrogen and oxygen atoms in total. The van der Waals surface area contributed by atoms with Gasteiger partial charge in [0.25, 0.3) is 0 Å². The fraction of sp³-hybridized carbons (Fsp3) is 0.125. The molecule has 0 amide bonds. The van der Waals surface area contributed by atoms with Gasteiger partial charge in [0.15, 0.2) is 0 Å². The summed E-state index contributed by atoms with van der Waals surface area (Å²) in [5.74, 6) is 1.22. The van der Waals surface area contributed by atoms with Crippen molar-refractivity contribution < 1.29 is 0 Å². The van der Waals surface area contributed by atoms with E-state index >= 15 is 0 Å². The molecule has 0 fully saturated rings. The third-order valence-corrected chi connectivity index (χ3v) is 13.1. The van der Waals surface area contributed by atoms with Crippen LogP contribution in [-0.2, 0) is 0 Å². The number of thiophene rings is 2. The zero-order valence-corrected chi connectivity index (χ0v) is 30.9. The van der Waals surface area contributed by atoms with Crippen molar-refractivity contribution in [1.29, 1.82) is 0 Å². The van der Waals surface area contributed by atoms with Crippen molar-refractivity contribution in [2.75, 3.05) is 9.80 Å². The van der Waals surface area contributed by atoms with Gasteiger partial charge in [-0.3, -0.25) is 0 Å². The van der Waals surface area contributed by atoms with Crippen LogP contribution in [0, 0.1) is 18.8 Å². The largest absolute Gasteiger partial charge is 0.314 e. The van der Waals surface area contributed by atoms with E-state index in [1.165, 1.54) is 69.0 Å². The minimum absolute atomic E-state index is 0.390. The summed E-state index contributed by atoms with van der Waals surface area (Å²) >= 11 is 3.81. The average molecular weight is 707 g/mol. The van der Waals surface area contributed by atoms with Gasteiger partial charge in [-0.1, -0.05) is 85.9 Å². The third-order valence-electron chi connectivity index (χ3n) is 10.9. The van der Waals surface area contributed by atoms with Crippen LogP contribution in [0.4, 0.5) is 28.4 Å². The highest BCUT2D eigenvalue weighted by Crippen LogP contribution is 2.48. The molecule has 3 aliphatic carbocycles. The Balaban J connectivity index is 1.10. The normalized spacial score (nSPS) is 18.9. The molecule has 7 aromatic rings. The number of hydrogen-bond acceptors (Lipinski definition) is 4. The van der Waals surface area contributed by atoms with Gasteiger partial charge < -0.3 is 9.80 Å². The standard InChI is InChI=1S/C48H38N2S2/c1-31-11-10-16-35(27-31)49(34-14-4-3-5-15-34)36-21-25-44-41(28-36)40-23-20-38(30-47(40)52-44)50(43-18-9-6-12-32(43)2)37-22-26-45-42(29-37)48-39-17-8-7-13-33(39)19-24-46(48)51-45/h3-11,13-30,32-33,39H,12H2,1-2H3. The molecule has 0 spiro atoms. The minimum Gasteiger partial charge on any atom is -0.314 e. The second-order valence-electron chi connectivity index (χ2n) is 14.3. The maximum atomic E-state index is 2.52. The van der Waals surface area contributed by atoms with Gasteiger partial charge in [-0.25, -0.2) is 0 Å². The molecule has 0 aliphatic heterocycles. The summed E-state index contributed by atoms with van der Waals surface area (Å²) in [6, 6.07) is 40.7. The molecule has 0 saturated heterocycles. The Hall–Kier alpha value is -5.42. The van der Waals surface area contributed by atoms with Crippen LogP contribution >= 0.6 is 22.7 Å². The summed E-state index contributed by atoms with van der Waals surface area (Å²) < 4.78 is 3.96. The summed E-state index contributed by atoms with van der Waals surface area (Å²) in [6.07, 6.45) is 21.7. The molecule has 3 atom stereocenters. The van der Waals surface area contributed by atoms with Crippen molar-refractivity contribution in [3.05, 3.63) is 180 Å². The Bertz CT molecular complexity index is 2670. The second kappa shape index (κ2) is 12.7. The van der Waals surface area contributed by atoms with Crippen molar-refractivity contribution >= 4 is 87.4 Å². The molecule has 52 heavy (non-hydrogen) atoms. The lowest BCUT2D eigenvalue weighted by atomic mass is 9.78. The Kier molecular flexibility index (Phi) is 7.63. The summed E-state index contributed by atoms with van der Waals surface area (Å²) in [4.78, 5) is 6.29. The van der Waals surface area contributed by atoms with E-state index < -0.39 is 0 Å². The minimum atomic E-state index is 0.390. The SMILES string of the molecule is Cc1cccc(N(c2ccccc2)c2ccc3sc4cc(N(C5=CC=CCC5C)c5ccc6sc7c(c6c5)C5C=CC=CC5C=C7)ccc4c3c2)c1. The number of allylic oxidation sites excluding steroid dienone is 9. The number of nitrogens with zero attached hydrogens (tertiary/aromatic N) is 2. The molecule has 4 heteroatoms. The average Bonchev–Trinajstić information content (AvgIpc) is 3.74. The molecule has 0 N–H and O–H groups in total. The smallest absolute Gasteiger partial charge is 0.0473 e. The topological polar surface area (TPSA) is 6.48 Å². The number of hydrogen-bond donors (Lipinski definition) is 0. The Labute approximate surface area is 313 Å². The highest BCUT2D eigenvalue weighted by molar-refractivity contribution is 7.25. The van der Waals surface area contributed by atoms with Crippen molar-refractivity contribution in [3.8, 4) is 0 Å². The molecule has 252 valence electrons. The van der Waals surface area contributed by atoms with Crippen LogP contribution in [0.5, 0.6) is 0 Å². The first kappa shape index (κ1) is 31.3. The third kappa shape index (κ3) is 5.28. The van der Waals surface area contributed by atoms with E-state index in [9.17, 15) is 0 Å². The first-order chi connectivity index (χ1) is 25.6. The molecule has 2 heterocycles. The van der Waals surface area contributed by atoms with Gasteiger partial charge >= 0.3 is 0 Å². The van der Waals surface area contributed by atoms with E-state index in [1.54, 1.807) is 0 Å². The van der Waals surface area contributed by atoms with Gasteiger partial charge in [0.1, 0.15) is 0 Å². The molecule has 2 aromatic heterocycles. The summed E-state index contributed by atoms with van der Waals surface area (Å²) in [6.45, 7) is 4.52. The van der Waals surface area contributed by atoms with Gasteiger partial charge in [0, 0.05) is 81.6 Å². The number of rotatable bonds is 6. The van der Waals surface area contributed by atoms with Gasteiger partial charge in [-0.15, -0.1) is 22.7 Å². The first-order valence-electron chi connectivity index (χ1n) is 18.2. The highest BCUT2D eigenvalue weighted by Gasteiger charge is 2.29. The van der Waals surface area contributed by atoms with Crippen LogP contribution in [0.15, 0.2) is 163 Å². The van der Waals surface area contributed by atoms with Gasteiger partial charge in [-0.2, -0.15) is 0 Å². The fourth-order valence-electron chi connectivity index (χ4n) is 8.33. The Morgan fingerprint density at radius 2 is 1.31 bits per heavy atom. The van der Waals surface area contributed by atoms with Crippen molar-refractivity contribution in [1.82, 2.24) is 0 Å². The van der Waals surface area contributed by atoms with Gasteiger partial charge in [-0.05, 0) is 115 Å². The molecule has 10 rings (SSSR count). The van der Waals surface area contributed by atoms with E-state index in [-0.39, 0.29) is 0 Å². The van der Waals surface area contributed by atoms with Crippen molar-refractivity contribution in [3.63, 3.8) is 0 Å². The molecule has 0 radical (unpaired) electrons. The predicted octanol–water partition coefficient (Wildman–Crippen LogP) is 14.5. The Morgan fingerprint density at radius 3 is 2.15 bits per heavy atom. The maximum Gasteiger partial charge on any atom is 0.0473 e. The molecule has 0 saturated carbocycles. The molecule has 0 bridgehead atoms. The van der Waals surface area contributed by atoms with Crippen LogP contribution < -0.4 is 9.80 Å². The monoisotopic (exact) mass is 706 g/mol. The fourth-order valence-corrected chi connectivity index (χ4v) is 10.6. The number of fused-ring (bicyclic) bond motifs is 8. The van der Waals surface area contributed by atoms with E-state index in [0.717, 1.165) is 17.8 Å². The zero-order valence-electron chi connectivity index (χ0n) is 29.2. The summed E-state index contributed by atoms with van der Waals surface area (Å²) in [7, 11) is 0. The zero-order chi connectivity index (χ0) is 34.8. The van der Waals surface area contributed by atoms with E-state index in [1.807, 2.05) is 22.7 Å². The van der Waals surface area contributed by atoms with Crippen LogP contribution in [-0.4, -0.2) is 0 Å². The molecular formula is C48H38N2S2. The predicted molar refractivity (Wildman–Crippen MR) is 227 cm³/mol. The molecule has 5 aromatic carbocycles. The van der Waals surface area contributed by atoms with Gasteiger partial charge in [0.2, 0.25) is 0 Å². The Morgan fingerprint density at radius 1 is 0.577 bits per heavy atom. The van der Waals surface area contributed by atoms with E-state index in [2.05, 4.69) is 188 Å². The quantitative estimate of drug-likeness (QED) is 0.170. The summed E-state index contributed by atoms with van der Waals surface area (Å²) in [5.41, 5.74) is 9.98. The van der Waals surface area contributed by atoms with Crippen LogP contribution in [0.2, 0.25) is 0 Å². The summed E-state index contributed by atoms with van der Waals surface area (Å²) in [5, 5.41) is 3.97. The number of benzene rings is 5. The van der Waals surface area contributed by atoms with Gasteiger partial charge in [0.05, 0.1) is 0 Å². The number of anilines is 5. The van der Waals surface area contributed by atoms with E-state index in [0.29, 0.717) is 17.8 Å². The van der Waals surface area contributed by atoms with E-state index in [4.69, 9.17) is 0 Å². The lowest BCUT2D eigenvalue weighted by Crippen LogP contribution is -2.22. The van der Waals surface area contributed by atoms with Crippen LogP contribution in [0.3, 0.4) is 0 Å². The van der Waals surface area contributed by atoms with Crippen molar-refractivity contribution in [2.24, 2.45) is 11.8 Å². The second-order valence-corrected chi connectivity index (χ2v) is 16.4. The van der Waals surface area contributed by atoms with Crippen LogP contribution in [0.25, 0.3) is 36.3 Å². The molecular weight excluding hydrogens is 669 g/mol. The lowest BCUT2D eigenvalue weighted by molar-refractivity contribution is 0.670. The van der Waals surface area contributed by atoms with Crippen LogP contribution in [0.1, 0.15) is 35.3 Å². The number of para-hydroxylation sites is 1. The van der Waals surface area contributed by atoms with Crippen molar-refractivity contribution in [2.45, 2.75) is 26.2 Å². The molecule has 3 aliphatic rings. The first-order valence-corrected chi connectivity index (χ1v) is 19.9. The highest BCUT2D eigenvalue weighted by atomic mass is 32.1. The number of aryl methyl sites for hydroxylation is 1. The lowest BCUT2D eigenvalue weighted by Gasteiger charge is -2.32. The molecule has 3 unspecified atom stereocenters.